The zero-order valence-electron chi connectivity index (χ0n) is 11.3. The lowest BCUT2D eigenvalue weighted by Gasteiger charge is -2.17. The summed E-state index contributed by atoms with van der Waals surface area (Å²) in [6.45, 7) is 1.58. The number of hydrogen-bond donors (Lipinski definition) is 2. The van der Waals surface area contributed by atoms with E-state index in [1.54, 1.807) is 18.4 Å². The van der Waals surface area contributed by atoms with Gasteiger partial charge in [0.25, 0.3) is 5.56 Å². The summed E-state index contributed by atoms with van der Waals surface area (Å²) in [5, 5.41) is 13.2. The van der Waals surface area contributed by atoms with Gasteiger partial charge in [0.15, 0.2) is 5.16 Å². The molecule has 0 bridgehead atoms. The first kappa shape index (κ1) is 15.5. The fraction of sp³-hybridized carbons (Fsp3) is 0.333. The second-order valence-electron chi connectivity index (χ2n) is 4.18. The largest absolute Gasteiger partial charge is 0.481 e. The van der Waals surface area contributed by atoms with Gasteiger partial charge in [-0.05, 0) is 18.4 Å². The minimum atomic E-state index is -1.01. The van der Waals surface area contributed by atoms with Crippen molar-refractivity contribution in [3.63, 3.8) is 0 Å². The third-order valence-electron chi connectivity index (χ3n) is 2.82. The summed E-state index contributed by atoms with van der Waals surface area (Å²) in [7, 11) is 1.48. The molecule has 2 N–H and O–H groups in total. The van der Waals surface area contributed by atoms with Gasteiger partial charge < -0.3 is 10.4 Å². The molecule has 0 spiro atoms. The van der Waals surface area contributed by atoms with Crippen molar-refractivity contribution in [3.05, 3.63) is 21.8 Å². The molecule has 0 aliphatic rings. The lowest BCUT2D eigenvalue weighted by Crippen LogP contribution is -2.35. The Kier molecular flexibility index (Phi) is 4.63. The quantitative estimate of drug-likeness (QED) is 0.626. The molecule has 7 nitrogen and oxygen atoms in total. The molecule has 1 amide bonds. The van der Waals surface area contributed by atoms with Crippen molar-refractivity contribution < 1.29 is 14.7 Å². The molecule has 2 aromatic rings. The van der Waals surface area contributed by atoms with Gasteiger partial charge in [0.1, 0.15) is 10.7 Å². The van der Waals surface area contributed by atoms with Crippen LogP contribution in [0.25, 0.3) is 10.2 Å². The van der Waals surface area contributed by atoms with Crippen LogP contribution in [0.5, 0.6) is 0 Å². The minimum absolute atomic E-state index is 0.226. The van der Waals surface area contributed by atoms with Gasteiger partial charge in [-0.2, -0.15) is 0 Å². The topological polar surface area (TPSA) is 101 Å². The molecule has 0 aromatic carbocycles. The molecule has 2 heterocycles. The predicted octanol–water partition coefficient (Wildman–Crippen LogP) is 0.942. The van der Waals surface area contributed by atoms with Crippen LogP contribution in [0.2, 0.25) is 0 Å². The molecule has 2 aromatic heterocycles. The van der Waals surface area contributed by atoms with E-state index in [1.165, 1.54) is 23.0 Å². The minimum Gasteiger partial charge on any atom is -0.481 e. The van der Waals surface area contributed by atoms with Crippen LogP contribution >= 0.6 is 23.1 Å². The third kappa shape index (κ3) is 3.08. The second kappa shape index (κ2) is 6.27. The smallest absolute Gasteiger partial charge is 0.313 e. The molecule has 9 heteroatoms. The Labute approximate surface area is 128 Å². The Morgan fingerprint density at radius 3 is 2.90 bits per heavy atom. The summed E-state index contributed by atoms with van der Waals surface area (Å²) in [5.74, 6) is -1.59. The maximum atomic E-state index is 12.5. The number of carboxylic acids is 1. The van der Waals surface area contributed by atoms with Crippen molar-refractivity contribution in [1.82, 2.24) is 14.9 Å². The van der Waals surface area contributed by atoms with Crippen LogP contribution in [0.15, 0.2) is 21.4 Å². The van der Waals surface area contributed by atoms with Crippen molar-refractivity contribution in [2.45, 2.75) is 18.1 Å². The van der Waals surface area contributed by atoms with Crippen molar-refractivity contribution in [2.75, 3.05) is 12.8 Å². The van der Waals surface area contributed by atoms with E-state index >= 15 is 0 Å². The molecule has 0 radical (unpaired) electrons. The summed E-state index contributed by atoms with van der Waals surface area (Å²) < 4.78 is 1.69. The molecular weight excluding hydrogens is 314 g/mol. The number of aliphatic carboxylic acids is 1. The molecule has 0 aliphatic carbocycles. The Hall–Kier alpha value is -1.87. The predicted molar refractivity (Wildman–Crippen MR) is 81.0 cm³/mol. The number of thiophene rings is 1. The maximum Gasteiger partial charge on any atom is 0.313 e. The highest BCUT2D eigenvalue weighted by Gasteiger charge is 2.22. The molecule has 0 aliphatic heterocycles. The average molecular weight is 327 g/mol. The standard InChI is InChI=1S/C12H13N3O4S2/c1-6(10(18)13-2)15-11(19)9-7(3-4-20-9)14-12(15)21-5-8(16)17/h3-4,6H,5H2,1-2H3,(H,13,18)(H,16,17). The second-order valence-corrected chi connectivity index (χ2v) is 6.04. The highest BCUT2D eigenvalue weighted by atomic mass is 32.2. The zero-order valence-corrected chi connectivity index (χ0v) is 13.0. The van der Waals surface area contributed by atoms with E-state index in [9.17, 15) is 14.4 Å². The van der Waals surface area contributed by atoms with Gasteiger partial charge in [0.2, 0.25) is 5.91 Å². The van der Waals surface area contributed by atoms with Crippen molar-refractivity contribution in [2.24, 2.45) is 0 Å². The highest BCUT2D eigenvalue weighted by molar-refractivity contribution is 7.99. The van der Waals surface area contributed by atoms with E-state index in [-0.39, 0.29) is 22.4 Å². The van der Waals surface area contributed by atoms with Gasteiger partial charge >= 0.3 is 5.97 Å². The monoisotopic (exact) mass is 327 g/mol. The van der Waals surface area contributed by atoms with Crippen LogP contribution in [0.4, 0.5) is 0 Å². The first-order chi connectivity index (χ1) is 9.95. The molecule has 0 saturated heterocycles. The van der Waals surface area contributed by atoms with E-state index < -0.39 is 12.0 Å². The number of aromatic nitrogens is 2. The first-order valence-electron chi connectivity index (χ1n) is 6.01. The number of thioether (sulfide) groups is 1. The van der Waals surface area contributed by atoms with Crippen LogP contribution in [0.3, 0.4) is 0 Å². The van der Waals surface area contributed by atoms with Crippen molar-refractivity contribution >= 4 is 45.2 Å². The third-order valence-corrected chi connectivity index (χ3v) is 4.65. The Morgan fingerprint density at radius 2 is 2.29 bits per heavy atom. The number of fused-ring (bicyclic) bond motifs is 1. The number of carbonyl (C=O) groups excluding carboxylic acids is 1. The maximum absolute atomic E-state index is 12.5. The van der Waals surface area contributed by atoms with E-state index in [4.69, 9.17) is 5.11 Å². The van der Waals surface area contributed by atoms with Crippen LogP contribution < -0.4 is 10.9 Å². The molecular formula is C12H13N3O4S2. The number of likely N-dealkylation sites (N-methyl/N-ethyl adjacent to an activating group) is 1. The number of nitrogens with one attached hydrogen (secondary N) is 1. The normalized spacial score (nSPS) is 12.3. The lowest BCUT2D eigenvalue weighted by atomic mass is 10.3. The highest BCUT2D eigenvalue weighted by Crippen LogP contribution is 2.23. The number of rotatable bonds is 5. The van der Waals surface area contributed by atoms with E-state index in [0.29, 0.717) is 10.2 Å². The summed E-state index contributed by atoms with van der Waals surface area (Å²) in [4.78, 5) is 39.3. The van der Waals surface area contributed by atoms with Gasteiger partial charge in [-0.25, -0.2) is 4.98 Å². The van der Waals surface area contributed by atoms with Gasteiger partial charge in [-0.15, -0.1) is 11.3 Å². The average Bonchev–Trinajstić information content (AvgIpc) is 2.92. The van der Waals surface area contributed by atoms with E-state index in [1.807, 2.05) is 0 Å². The van der Waals surface area contributed by atoms with E-state index in [0.717, 1.165) is 11.8 Å². The number of amides is 1. The summed E-state index contributed by atoms with van der Waals surface area (Å²) in [6.07, 6.45) is 0. The van der Waals surface area contributed by atoms with E-state index in [2.05, 4.69) is 10.3 Å². The van der Waals surface area contributed by atoms with Crippen LogP contribution in [-0.2, 0) is 9.59 Å². The van der Waals surface area contributed by atoms with Gasteiger partial charge in [0, 0.05) is 7.05 Å². The molecule has 2 rings (SSSR count). The SMILES string of the molecule is CNC(=O)C(C)n1c(SCC(=O)O)nc2ccsc2c1=O. The first-order valence-corrected chi connectivity index (χ1v) is 7.88. The number of hydrogen-bond acceptors (Lipinski definition) is 6. The number of nitrogens with zero attached hydrogens (tertiary/aromatic N) is 2. The Bertz CT molecular complexity index is 753. The van der Waals surface area contributed by atoms with Gasteiger partial charge in [-0.3, -0.25) is 19.0 Å². The Morgan fingerprint density at radius 1 is 1.57 bits per heavy atom. The molecule has 21 heavy (non-hydrogen) atoms. The molecule has 0 fully saturated rings. The van der Waals surface area contributed by atoms with Gasteiger partial charge in [0.05, 0.1) is 11.3 Å². The van der Waals surface area contributed by atoms with Crippen LogP contribution in [0.1, 0.15) is 13.0 Å². The molecule has 112 valence electrons. The summed E-state index contributed by atoms with van der Waals surface area (Å²) in [5.41, 5.74) is 0.178. The fourth-order valence-corrected chi connectivity index (χ4v) is 3.36. The zero-order chi connectivity index (χ0) is 15.6. The fourth-order valence-electron chi connectivity index (χ4n) is 1.80. The summed E-state index contributed by atoms with van der Waals surface area (Å²) in [6, 6.07) is 0.930. The number of carboxylic acid groups (broad SMARTS) is 1. The van der Waals surface area contributed by atoms with Crippen molar-refractivity contribution in [1.29, 1.82) is 0 Å². The molecule has 1 atom stereocenters. The van der Waals surface area contributed by atoms with Crippen LogP contribution in [-0.4, -0.2) is 39.3 Å². The van der Waals surface area contributed by atoms with Crippen LogP contribution in [0, 0.1) is 0 Å². The lowest BCUT2D eigenvalue weighted by molar-refractivity contribution is -0.133. The van der Waals surface area contributed by atoms with Crippen molar-refractivity contribution in [3.8, 4) is 0 Å². The Balaban J connectivity index is 2.59. The molecule has 0 saturated carbocycles. The molecule has 1 unspecified atom stereocenters. The number of carbonyl (C=O) groups is 2. The van der Waals surface area contributed by atoms with Gasteiger partial charge in [-0.1, -0.05) is 11.8 Å². The summed E-state index contributed by atoms with van der Waals surface area (Å²) >= 11 is 2.17.